The van der Waals surface area contributed by atoms with Gasteiger partial charge in [-0.05, 0) is 48.0 Å². The zero-order valence-corrected chi connectivity index (χ0v) is 13.3. The summed E-state index contributed by atoms with van der Waals surface area (Å²) in [6.07, 6.45) is 0. The molecule has 0 aliphatic carbocycles. The minimum atomic E-state index is -0.397. The molecule has 2 aromatic carbocycles. The Balaban J connectivity index is 2.45. The summed E-state index contributed by atoms with van der Waals surface area (Å²) in [5.74, 6) is -0.177. The van der Waals surface area contributed by atoms with Gasteiger partial charge in [0.15, 0.2) is 11.6 Å². The average molecular weight is 328 g/mol. The van der Waals surface area contributed by atoms with Crippen molar-refractivity contribution in [2.45, 2.75) is 13.0 Å². The van der Waals surface area contributed by atoms with Crippen LogP contribution in [0.4, 0.5) is 4.39 Å². The van der Waals surface area contributed by atoms with E-state index in [1.54, 1.807) is 12.1 Å². The Morgan fingerprint density at radius 3 is 2.29 bits per heavy atom. The standard InChI is InChI=1S/C16H16Cl2FNO/c1-3-20-16(11-6-12(17)9-13(18)7-11)10-4-5-15(21-2)14(19)8-10/h4-9,16,20H,3H2,1-2H3. The Morgan fingerprint density at radius 1 is 1.10 bits per heavy atom. The maximum atomic E-state index is 13.9. The molecule has 1 unspecified atom stereocenters. The van der Waals surface area contributed by atoms with Crippen LogP contribution in [-0.2, 0) is 0 Å². The zero-order valence-electron chi connectivity index (χ0n) is 11.8. The number of benzene rings is 2. The van der Waals surface area contributed by atoms with Crippen molar-refractivity contribution in [2.75, 3.05) is 13.7 Å². The van der Waals surface area contributed by atoms with Crippen LogP contribution in [0.3, 0.4) is 0 Å². The minimum absolute atomic E-state index is 0.188. The maximum Gasteiger partial charge on any atom is 0.165 e. The van der Waals surface area contributed by atoms with Gasteiger partial charge in [-0.3, -0.25) is 0 Å². The topological polar surface area (TPSA) is 21.3 Å². The molecule has 0 saturated carbocycles. The van der Waals surface area contributed by atoms with Crippen molar-refractivity contribution in [3.05, 3.63) is 63.4 Å². The van der Waals surface area contributed by atoms with E-state index in [4.69, 9.17) is 27.9 Å². The van der Waals surface area contributed by atoms with Gasteiger partial charge in [-0.25, -0.2) is 4.39 Å². The molecule has 2 nitrogen and oxygen atoms in total. The molecule has 0 aliphatic rings. The van der Waals surface area contributed by atoms with Crippen molar-refractivity contribution in [3.8, 4) is 5.75 Å². The van der Waals surface area contributed by atoms with Gasteiger partial charge >= 0.3 is 0 Å². The molecule has 0 saturated heterocycles. The first-order valence-electron chi connectivity index (χ1n) is 6.58. The van der Waals surface area contributed by atoms with Crippen molar-refractivity contribution in [1.29, 1.82) is 0 Å². The molecule has 2 aromatic rings. The Bertz CT molecular complexity index is 613. The molecule has 0 spiro atoms. The van der Waals surface area contributed by atoms with E-state index in [1.807, 2.05) is 25.1 Å². The highest BCUT2D eigenvalue weighted by Crippen LogP contribution is 2.30. The van der Waals surface area contributed by atoms with Crippen molar-refractivity contribution in [3.63, 3.8) is 0 Å². The fraction of sp³-hybridized carbons (Fsp3) is 0.250. The molecule has 1 atom stereocenters. The molecular formula is C16H16Cl2FNO. The summed E-state index contributed by atoms with van der Waals surface area (Å²) in [5.41, 5.74) is 1.67. The summed E-state index contributed by atoms with van der Waals surface area (Å²) in [7, 11) is 1.44. The van der Waals surface area contributed by atoms with Crippen molar-refractivity contribution in [2.24, 2.45) is 0 Å². The molecule has 112 valence electrons. The van der Waals surface area contributed by atoms with Crippen LogP contribution in [-0.4, -0.2) is 13.7 Å². The first-order chi connectivity index (χ1) is 10.0. The van der Waals surface area contributed by atoms with Crippen LogP contribution in [0.25, 0.3) is 0 Å². The smallest absolute Gasteiger partial charge is 0.165 e. The normalized spacial score (nSPS) is 12.2. The first-order valence-corrected chi connectivity index (χ1v) is 7.33. The highest BCUT2D eigenvalue weighted by atomic mass is 35.5. The van der Waals surface area contributed by atoms with Gasteiger partial charge in [-0.15, -0.1) is 0 Å². The van der Waals surface area contributed by atoms with E-state index in [0.717, 1.165) is 17.7 Å². The third-order valence-electron chi connectivity index (χ3n) is 3.14. The van der Waals surface area contributed by atoms with E-state index in [-0.39, 0.29) is 11.8 Å². The lowest BCUT2D eigenvalue weighted by atomic mass is 9.98. The average Bonchev–Trinajstić information content (AvgIpc) is 2.43. The number of nitrogens with one attached hydrogen (secondary N) is 1. The summed E-state index contributed by atoms with van der Waals surface area (Å²) in [5, 5.41) is 4.41. The molecule has 0 aromatic heterocycles. The second-order valence-electron chi connectivity index (χ2n) is 4.59. The van der Waals surface area contributed by atoms with E-state index >= 15 is 0 Å². The highest BCUT2D eigenvalue weighted by Gasteiger charge is 2.16. The molecule has 0 radical (unpaired) electrons. The zero-order chi connectivity index (χ0) is 15.4. The Hall–Kier alpha value is -1.29. The molecule has 1 N–H and O–H groups in total. The molecule has 5 heteroatoms. The summed E-state index contributed by atoms with van der Waals surface area (Å²) >= 11 is 12.1. The van der Waals surface area contributed by atoms with Crippen molar-refractivity contribution < 1.29 is 9.13 Å². The summed E-state index contributed by atoms with van der Waals surface area (Å²) < 4.78 is 18.9. The second kappa shape index (κ2) is 7.12. The van der Waals surface area contributed by atoms with Gasteiger partial charge < -0.3 is 10.1 Å². The van der Waals surface area contributed by atoms with Crippen LogP contribution in [0.2, 0.25) is 10.0 Å². The van der Waals surface area contributed by atoms with E-state index in [9.17, 15) is 4.39 Å². The summed E-state index contributed by atoms with van der Waals surface area (Å²) in [4.78, 5) is 0. The van der Waals surface area contributed by atoms with Gasteiger partial charge in [0, 0.05) is 10.0 Å². The number of methoxy groups -OCH3 is 1. The molecular weight excluding hydrogens is 312 g/mol. The quantitative estimate of drug-likeness (QED) is 0.848. The first kappa shape index (κ1) is 16.1. The number of rotatable bonds is 5. The molecule has 2 rings (SSSR count). The summed E-state index contributed by atoms with van der Waals surface area (Å²) in [6, 6.07) is 10.0. The van der Waals surface area contributed by atoms with E-state index in [1.165, 1.54) is 13.2 Å². The monoisotopic (exact) mass is 327 g/mol. The minimum Gasteiger partial charge on any atom is -0.494 e. The third kappa shape index (κ3) is 3.88. The van der Waals surface area contributed by atoms with Crippen molar-refractivity contribution >= 4 is 23.2 Å². The fourth-order valence-electron chi connectivity index (χ4n) is 2.24. The number of hydrogen-bond acceptors (Lipinski definition) is 2. The Morgan fingerprint density at radius 2 is 1.76 bits per heavy atom. The predicted molar refractivity (Wildman–Crippen MR) is 84.9 cm³/mol. The molecule has 0 fully saturated rings. The third-order valence-corrected chi connectivity index (χ3v) is 3.57. The van der Waals surface area contributed by atoms with Gasteiger partial charge in [0.05, 0.1) is 13.2 Å². The van der Waals surface area contributed by atoms with Crippen LogP contribution >= 0.6 is 23.2 Å². The lowest BCUT2D eigenvalue weighted by Gasteiger charge is -2.20. The number of hydrogen-bond donors (Lipinski definition) is 1. The van der Waals surface area contributed by atoms with Crippen LogP contribution < -0.4 is 10.1 Å². The Kier molecular flexibility index (Phi) is 5.45. The molecule has 0 amide bonds. The molecule has 21 heavy (non-hydrogen) atoms. The van der Waals surface area contributed by atoms with Gasteiger partial charge in [-0.1, -0.05) is 36.2 Å². The second-order valence-corrected chi connectivity index (χ2v) is 5.46. The predicted octanol–water partition coefficient (Wildman–Crippen LogP) is 4.84. The van der Waals surface area contributed by atoms with E-state index < -0.39 is 5.82 Å². The van der Waals surface area contributed by atoms with Crippen LogP contribution in [0, 0.1) is 5.82 Å². The van der Waals surface area contributed by atoms with Gasteiger partial charge in [-0.2, -0.15) is 0 Å². The van der Waals surface area contributed by atoms with Crippen LogP contribution in [0.1, 0.15) is 24.1 Å². The Labute approximate surface area is 133 Å². The van der Waals surface area contributed by atoms with Crippen molar-refractivity contribution in [1.82, 2.24) is 5.32 Å². The van der Waals surface area contributed by atoms with Gasteiger partial charge in [0.1, 0.15) is 0 Å². The van der Waals surface area contributed by atoms with Crippen LogP contribution in [0.15, 0.2) is 36.4 Å². The highest BCUT2D eigenvalue weighted by molar-refractivity contribution is 6.34. The fourth-order valence-corrected chi connectivity index (χ4v) is 2.78. The molecule has 0 heterocycles. The van der Waals surface area contributed by atoms with Gasteiger partial charge in [0.2, 0.25) is 0 Å². The SMILES string of the molecule is CCNC(c1cc(Cl)cc(Cl)c1)c1ccc(OC)c(F)c1. The lowest BCUT2D eigenvalue weighted by molar-refractivity contribution is 0.385. The summed E-state index contributed by atoms with van der Waals surface area (Å²) in [6.45, 7) is 2.71. The van der Waals surface area contributed by atoms with E-state index in [0.29, 0.717) is 10.0 Å². The largest absolute Gasteiger partial charge is 0.494 e. The van der Waals surface area contributed by atoms with Crippen LogP contribution in [0.5, 0.6) is 5.75 Å². The maximum absolute atomic E-state index is 13.9. The number of ether oxygens (including phenoxy) is 1. The van der Waals surface area contributed by atoms with E-state index in [2.05, 4.69) is 5.32 Å². The number of halogens is 3. The van der Waals surface area contributed by atoms with Gasteiger partial charge in [0.25, 0.3) is 0 Å². The lowest BCUT2D eigenvalue weighted by Crippen LogP contribution is -2.22. The molecule has 0 bridgehead atoms. The molecule has 0 aliphatic heterocycles.